The maximum Gasteiger partial charge on any atom is 0.407 e. The van der Waals surface area contributed by atoms with Crippen LogP contribution in [0.25, 0.3) is 0 Å². The van der Waals surface area contributed by atoms with E-state index in [0.29, 0.717) is 0 Å². The number of nitrogens with one attached hydrogen (secondary N) is 2. The van der Waals surface area contributed by atoms with E-state index in [1.54, 1.807) is 0 Å². The molecule has 0 aliphatic carbocycles. The van der Waals surface area contributed by atoms with Gasteiger partial charge < -0.3 is 20.5 Å². The maximum atomic E-state index is 11.5. The summed E-state index contributed by atoms with van der Waals surface area (Å²) in [6.45, 7) is 6.33. The van der Waals surface area contributed by atoms with Gasteiger partial charge >= 0.3 is 6.09 Å². The number of ether oxygens (including phenoxy) is 1. The van der Waals surface area contributed by atoms with E-state index in [-0.39, 0.29) is 12.6 Å². The van der Waals surface area contributed by atoms with E-state index in [2.05, 4.69) is 10.6 Å². The highest BCUT2D eigenvalue weighted by molar-refractivity contribution is 5.68. The molecular weight excluding hydrogens is 220 g/mol. The number of unbranched alkanes of at least 4 members (excludes halogenated alkanes) is 1. The van der Waals surface area contributed by atoms with Crippen molar-refractivity contribution >= 4 is 6.09 Å². The summed E-state index contributed by atoms with van der Waals surface area (Å²) in [6.07, 6.45) is 2.28. The third-order valence-corrected chi connectivity index (χ3v) is 2.17. The number of hydrogen-bond acceptors (Lipinski definition) is 4. The van der Waals surface area contributed by atoms with E-state index < -0.39 is 11.7 Å². The molecular formula is C12H26N2O3. The van der Waals surface area contributed by atoms with Crippen LogP contribution in [0.2, 0.25) is 0 Å². The quantitative estimate of drug-likeness (QED) is 0.591. The first kappa shape index (κ1) is 16.2. The van der Waals surface area contributed by atoms with Gasteiger partial charge in [-0.2, -0.15) is 0 Å². The normalized spacial score (nSPS) is 13.2. The fraction of sp³-hybridized carbons (Fsp3) is 0.917. The zero-order valence-corrected chi connectivity index (χ0v) is 11.4. The average Bonchev–Trinajstić information content (AvgIpc) is 2.20. The van der Waals surface area contributed by atoms with Crippen LogP contribution < -0.4 is 10.6 Å². The molecule has 5 heteroatoms. The van der Waals surface area contributed by atoms with Crippen molar-refractivity contribution in [2.45, 2.75) is 51.7 Å². The molecule has 0 saturated carbocycles. The van der Waals surface area contributed by atoms with Crippen LogP contribution in [-0.2, 0) is 4.74 Å². The smallest absolute Gasteiger partial charge is 0.407 e. The highest BCUT2D eigenvalue weighted by Gasteiger charge is 2.18. The van der Waals surface area contributed by atoms with Crippen LogP contribution in [0.15, 0.2) is 0 Å². The second kappa shape index (κ2) is 8.31. The molecule has 0 heterocycles. The molecule has 0 aliphatic heterocycles. The molecule has 0 spiro atoms. The van der Waals surface area contributed by atoms with Gasteiger partial charge in [-0.1, -0.05) is 6.42 Å². The Morgan fingerprint density at radius 2 is 2.00 bits per heavy atom. The number of amides is 1. The van der Waals surface area contributed by atoms with Crippen LogP contribution in [0.4, 0.5) is 4.79 Å². The second-order valence-electron chi connectivity index (χ2n) is 5.13. The van der Waals surface area contributed by atoms with E-state index in [4.69, 9.17) is 9.84 Å². The fourth-order valence-electron chi connectivity index (χ4n) is 1.38. The minimum atomic E-state index is -0.504. The second-order valence-corrected chi connectivity index (χ2v) is 5.13. The first-order valence-electron chi connectivity index (χ1n) is 6.14. The lowest BCUT2D eigenvalue weighted by Gasteiger charge is -2.22. The predicted octanol–water partition coefficient (Wildman–Crippen LogP) is 1.26. The Morgan fingerprint density at radius 1 is 1.35 bits per heavy atom. The van der Waals surface area contributed by atoms with Crippen molar-refractivity contribution in [1.82, 2.24) is 10.6 Å². The molecule has 0 aromatic carbocycles. The molecule has 0 fully saturated rings. The Morgan fingerprint density at radius 3 is 2.47 bits per heavy atom. The van der Waals surface area contributed by atoms with Gasteiger partial charge in [0.05, 0.1) is 12.6 Å². The minimum Gasteiger partial charge on any atom is -0.444 e. The molecule has 0 radical (unpaired) electrons. The standard InChI is InChI=1S/C12H26N2O3/c1-12(2,3)17-11(16)14-10(9-15)7-5-6-8-13-4/h10,13,15H,5-9H2,1-4H3,(H,14,16). The summed E-state index contributed by atoms with van der Waals surface area (Å²) in [7, 11) is 1.91. The molecule has 0 bridgehead atoms. The SMILES string of the molecule is CNCCCCC(CO)NC(=O)OC(C)(C)C. The molecule has 1 unspecified atom stereocenters. The molecule has 0 aliphatic rings. The lowest BCUT2D eigenvalue weighted by Crippen LogP contribution is -2.41. The van der Waals surface area contributed by atoms with Crippen LogP contribution in [0.1, 0.15) is 40.0 Å². The van der Waals surface area contributed by atoms with E-state index in [9.17, 15) is 4.79 Å². The Bertz CT molecular complexity index is 214. The van der Waals surface area contributed by atoms with Crippen LogP contribution in [0, 0.1) is 0 Å². The molecule has 0 aromatic heterocycles. The van der Waals surface area contributed by atoms with Gasteiger partial charge in [0.2, 0.25) is 0 Å². The van der Waals surface area contributed by atoms with Gasteiger partial charge in [0, 0.05) is 0 Å². The molecule has 0 rings (SSSR count). The molecule has 1 atom stereocenters. The van der Waals surface area contributed by atoms with E-state index in [0.717, 1.165) is 25.8 Å². The van der Waals surface area contributed by atoms with Crippen molar-refractivity contribution in [3.8, 4) is 0 Å². The third kappa shape index (κ3) is 10.1. The highest BCUT2D eigenvalue weighted by Crippen LogP contribution is 2.07. The first-order valence-corrected chi connectivity index (χ1v) is 6.14. The number of alkyl carbamates (subject to hydrolysis) is 1. The van der Waals surface area contributed by atoms with Crippen LogP contribution >= 0.6 is 0 Å². The maximum absolute atomic E-state index is 11.5. The van der Waals surface area contributed by atoms with Crippen molar-refractivity contribution in [3.63, 3.8) is 0 Å². The van der Waals surface area contributed by atoms with Gasteiger partial charge in [-0.15, -0.1) is 0 Å². The summed E-state index contributed by atoms with van der Waals surface area (Å²) in [4.78, 5) is 11.5. The number of aliphatic hydroxyl groups is 1. The van der Waals surface area contributed by atoms with E-state index in [1.807, 2.05) is 27.8 Å². The summed E-state index contributed by atoms with van der Waals surface area (Å²) in [5.74, 6) is 0. The van der Waals surface area contributed by atoms with Crippen molar-refractivity contribution in [3.05, 3.63) is 0 Å². The molecule has 1 amide bonds. The lowest BCUT2D eigenvalue weighted by atomic mass is 10.1. The first-order chi connectivity index (χ1) is 7.89. The topological polar surface area (TPSA) is 70.6 Å². The Kier molecular flexibility index (Phi) is 7.91. The number of carbonyl (C=O) groups excluding carboxylic acids is 1. The Labute approximate surface area is 104 Å². The number of rotatable bonds is 7. The lowest BCUT2D eigenvalue weighted by molar-refractivity contribution is 0.0478. The fourth-order valence-corrected chi connectivity index (χ4v) is 1.38. The van der Waals surface area contributed by atoms with Gasteiger partial charge in [0.15, 0.2) is 0 Å². The molecule has 3 N–H and O–H groups in total. The molecule has 5 nitrogen and oxygen atoms in total. The van der Waals surface area contributed by atoms with Gasteiger partial charge in [-0.05, 0) is 47.2 Å². The van der Waals surface area contributed by atoms with E-state index >= 15 is 0 Å². The zero-order valence-electron chi connectivity index (χ0n) is 11.4. The monoisotopic (exact) mass is 246 g/mol. The summed E-state index contributed by atoms with van der Waals surface area (Å²) in [5, 5.41) is 14.9. The molecule has 0 saturated heterocycles. The highest BCUT2D eigenvalue weighted by atomic mass is 16.6. The summed E-state index contributed by atoms with van der Waals surface area (Å²) in [5.41, 5.74) is -0.504. The Balaban J connectivity index is 3.83. The molecule has 0 aromatic rings. The van der Waals surface area contributed by atoms with Gasteiger partial charge in [0.1, 0.15) is 5.60 Å². The molecule has 17 heavy (non-hydrogen) atoms. The van der Waals surface area contributed by atoms with Crippen molar-refractivity contribution in [1.29, 1.82) is 0 Å². The third-order valence-electron chi connectivity index (χ3n) is 2.17. The number of hydrogen-bond donors (Lipinski definition) is 3. The summed E-state index contributed by atoms with van der Waals surface area (Å²) >= 11 is 0. The average molecular weight is 246 g/mol. The minimum absolute atomic E-state index is 0.0567. The van der Waals surface area contributed by atoms with Gasteiger partial charge in [-0.25, -0.2) is 4.79 Å². The largest absolute Gasteiger partial charge is 0.444 e. The zero-order chi connectivity index (χ0) is 13.3. The van der Waals surface area contributed by atoms with Gasteiger partial charge in [0.25, 0.3) is 0 Å². The van der Waals surface area contributed by atoms with E-state index in [1.165, 1.54) is 0 Å². The number of carbonyl (C=O) groups is 1. The van der Waals surface area contributed by atoms with Crippen LogP contribution in [0.3, 0.4) is 0 Å². The number of aliphatic hydroxyl groups excluding tert-OH is 1. The predicted molar refractivity (Wildman–Crippen MR) is 68.0 cm³/mol. The van der Waals surface area contributed by atoms with Crippen molar-refractivity contribution in [2.75, 3.05) is 20.2 Å². The Hall–Kier alpha value is -0.810. The summed E-state index contributed by atoms with van der Waals surface area (Å²) in [6, 6.07) is -0.221. The van der Waals surface area contributed by atoms with Gasteiger partial charge in [-0.3, -0.25) is 0 Å². The summed E-state index contributed by atoms with van der Waals surface area (Å²) < 4.78 is 5.12. The molecule has 102 valence electrons. The van der Waals surface area contributed by atoms with Crippen LogP contribution in [-0.4, -0.2) is 43.0 Å². The van der Waals surface area contributed by atoms with Crippen molar-refractivity contribution < 1.29 is 14.6 Å². The van der Waals surface area contributed by atoms with Crippen LogP contribution in [0.5, 0.6) is 0 Å². The van der Waals surface area contributed by atoms with Crippen molar-refractivity contribution in [2.24, 2.45) is 0 Å².